The van der Waals surface area contributed by atoms with E-state index in [1.165, 1.54) is 32.1 Å². The SMILES string of the molecule is CCC(S)CCCCCCCCCC(O)(O)O. The molecule has 0 aliphatic carbocycles. The summed E-state index contributed by atoms with van der Waals surface area (Å²) in [6, 6.07) is 0. The molecule has 3 nitrogen and oxygen atoms in total. The van der Waals surface area contributed by atoms with Crippen molar-refractivity contribution >= 4 is 12.6 Å². The average molecular weight is 264 g/mol. The quantitative estimate of drug-likeness (QED) is 0.264. The maximum Gasteiger partial charge on any atom is 0.275 e. The lowest BCUT2D eigenvalue weighted by molar-refractivity contribution is -0.315. The molecule has 1 atom stereocenters. The second-order valence-electron chi connectivity index (χ2n) is 4.85. The molecule has 0 radical (unpaired) electrons. The first-order valence-corrected chi connectivity index (χ1v) is 7.32. The number of hydrogen-bond acceptors (Lipinski definition) is 4. The van der Waals surface area contributed by atoms with E-state index in [1.54, 1.807) is 0 Å². The van der Waals surface area contributed by atoms with Crippen LogP contribution in [0.5, 0.6) is 0 Å². The van der Waals surface area contributed by atoms with Crippen molar-refractivity contribution in [3.63, 3.8) is 0 Å². The maximum absolute atomic E-state index is 8.67. The minimum Gasteiger partial charge on any atom is -0.344 e. The number of rotatable bonds is 11. The maximum atomic E-state index is 8.67. The Labute approximate surface area is 111 Å². The highest BCUT2D eigenvalue weighted by Crippen LogP contribution is 2.15. The van der Waals surface area contributed by atoms with Crippen LogP contribution in [0.2, 0.25) is 0 Å². The smallest absolute Gasteiger partial charge is 0.275 e. The summed E-state index contributed by atoms with van der Waals surface area (Å²) in [5.41, 5.74) is 0. The Morgan fingerprint density at radius 1 is 0.882 bits per heavy atom. The van der Waals surface area contributed by atoms with E-state index in [-0.39, 0.29) is 6.42 Å². The van der Waals surface area contributed by atoms with Crippen molar-refractivity contribution in [3.8, 4) is 0 Å². The molecule has 0 bridgehead atoms. The summed E-state index contributed by atoms with van der Waals surface area (Å²) in [7, 11) is 0. The predicted octanol–water partition coefficient (Wildman–Crippen LogP) is 2.84. The fourth-order valence-corrected chi connectivity index (χ4v) is 2.01. The second-order valence-corrected chi connectivity index (χ2v) is 5.58. The van der Waals surface area contributed by atoms with E-state index in [9.17, 15) is 0 Å². The number of hydrogen-bond donors (Lipinski definition) is 4. The zero-order chi connectivity index (χ0) is 13.1. The van der Waals surface area contributed by atoms with Crippen LogP contribution in [-0.2, 0) is 0 Å². The van der Waals surface area contributed by atoms with E-state index in [0.29, 0.717) is 11.7 Å². The first-order valence-electron chi connectivity index (χ1n) is 6.81. The Morgan fingerprint density at radius 3 is 1.82 bits per heavy atom. The summed E-state index contributed by atoms with van der Waals surface area (Å²) in [4.78, 5) is 0. The van der Waals surface area contributed by atoms with Crippen LogP contribution in [0.4, 0.5) is 0 Å². The highest BCUT2D eigenvalue weighted by molar-refractivity contribution is 7.80. The average Bonchev–Trinajstić information content (AvgIpc) is 2.25. The van der Waals surface area contributed by atoms with Crippen molar-refractivity contribution in [1.82, 2.24) is 0 Å². The number of thiol groups is 1. The zero-order valence-corrected chi connectivity index (χ0v) is 11.8. The first-order chi connectivity index (χ1) is 7.95. The van der Waals surface area contributed by atoms with Gasteiger partial charge in [-0.05, 0) is 19.3 Å². The van der Waals surface area contributed by atoms with Gasteiger partial charge in [-0.25, -0.2) is 0 Å². The van der Waals surface area contributed by atoms with E-state index >= 15 is 0 Å². The van der Waals surface area contributed by atoms with Crippen molar-refractivity contribution in [2.75, 3.05) is 0 Å². The van der Waals surface area contributed by atoms with Crippen LogP contribution >= 0.6 is 12.6 Å². The molecule has 1 unspecified atom stereocenters. The summed E-state index contributed by atoms with van der Waals surface area (Å²) in [6.45, 7) is 2.17. The predicted molar refractivity (Wildman–Crippen MR) is 74.0 cm³/mol. The van der Waals surface area contributed by atoms with Crippen molar-refractivity contribution in [1.29, 1.82) is 0 Å². The van der Waals surface area contributed by atoms with Crippen LogP contribution in [0.1, 0.15) is 71.1 Å². The molecule has 17 heavy (non-hydrogen) atoms. The van der Waals surface area contributed by atoms with Gasteiger partial charge in [-0.15, -0.1) is 0 Å². The molecule has 0 amide bonds. The van der Waals surface area contributed by atoms with Gasteiger partial charge in [-0.1, -0.05) is 45.4 Å². The highest BCUT2D eigenvalue weighted by Gasteiger charge is 2.16. The monoisotopic (exact) mass is 264 g/mol. The van der Waals surface area contributed by atoms with Crippen molar-refractivity contribution in [2.24, 2.45) is 0 Å². The Hall–Kier alpha value is 0.230. The standard InChI is InChI=1S/C13H28O3S/c1-2-12(17)10-8-6-4-3-5-7-9-11-13(14,15)16/h12,14-17H,2-11H2,1H3. The number of aliphatic hydroxyl groups is 3. The summed E-state index contributed by atoms with van der Waals surface area (Å²) in [5, 5.41) is 26.6. The molecular weight excluding hydrogens is 236 g/mol. The fourth-order valence-electron chi connectivity index (χ4n) is 1.83. The third-order valence-corrected chi connectivity index (χ3v) is 3.64. The lowest BCUT2D eigenvalue weighted by atomic mass is 10.1. The van der Waals surface area contributed by atoms with Crippen LogP contribution in [-0.4, -0.2) is 26.5 Å². The summed E-state index contributed by atoms with van der Waals surface area (Å²) in [6.07, 6.45) is 10.1. The van der Waals surface area contributed by atoms with Gasteiger partial charge in [0.25, 0.3) is 5.97 Å². The lowest BCUT2D eigenvalue weighted by Crippen LogP contribution is -2.26. The summed E-state index contributed by atoms with van der Waals surface area (Å²) >= 11 is 4.46. The summed E-state index contributed by atoms with van der Waals surface area (Å²) < 4.78 is 0. The molecule has 0 saturated carbocycles. The third kappa shape index (κ3) is 14.2. The topological polar surface area (TPSA) is 60.7 Å². The molecule has 0 aromatic heterocycles. The van der Waals surface area contributed by atoms with Crippen LogP contribution in [0.3, 0.4) is 0 Å². The highest BCUT2D eigenvalue weighted by atomic mass is 32.1. The first kappa shape index (κ1) is 17.2. The van der Waals surface area contributed by atoms with Crippen molar-refractivity contribution < 1.29 is 15.3 Å². The molecule has 104 valence electrons. The van der Waals surface area contributed by atoms with Crippen LogP contribution in [0, 0.1) is 0 Å². The molecule has 0 heterocycles. The van der Waals surface area contributed by atoms with Gasteiger partial charge in [-0.3, -0.25) is 0 Å². The van der Waals surface area contributed by atoms with Gasteiger partial charge in [0.05, 0.1) is 0 Å². The molecule has 0 aromatic rings. The largest absolute Gasteiger partial charge is 0.344 e. The molecule has 0 rings (SSSR count). The van der Waals surface area contributed by atoms with Crippen LogP contribution in [0.15, 0.2) is 0 Å². The Morgan fingerprint density at radius 2 is 1.35 bits per heavy atom. The molecule has 3 N–H and O–H groups in total. The summed E-state index contributed by atoms with van der Waals surface area (Å²) in [5.74, 6) is -2.47. The second kappa shape index (κ2) is 10.2. The Bertz CT molecular complexity index is 169. The molecule has 0 aliphatic heterocycles. The van der Waals surface area contributed by atoms with Crippen molar-refractivity contribution in [2.45, 2.75) is 82.4 Å². The minimum absolute atomic E-state index is 0.0465. The Balaban J connectivity index is 3.09. The van der Waals surface area contributed by atoms with Gasteiger partial charge in [0.2, 0.25) is 0 Å². The van der Waals surface area contributed by atoms with Gasteiger partial charge < -0.3 is 15.3 Å². The van der Waals surface area contributed by atoms with E-state index in [4.69, 9.17) is 15.3 Å². The molecule has 4 heteroatoms. The minimum atomic E-state index is -2.47. The van der Waals surface area contributed by atoms with Gasteiger partial charge in [0, 0.05) is 11.7 Å². The lowest BCUT2D eigenvalue weighted by Gasteiger charge is -2.13. The molecule has 0 fully saturated rings. The fraction of sp³-hybridized carbons (Fsp3) is 1.00. The van der Waals surface area contributed by atoms with E-state index < -0.39 is 5.97 Å². The molecular formula is C13H28O3S. The normalized spacial score (nSPS) is 13.9. The van der Waals surface area contributed by atoms with Crippen molar-refractivity contribution in [3.05, 3.63) is 0 Å². The van der Waals surface area contributed by atoms with Gasteiger partial charge in [0.1, 0.15) is 0 Å². The van der Waals surface area contributed by atoms with Crippen LogP contribution < -0.4 is 0 Å². The van der Waals surface area contributed by atoms with E-state index in [2.05, 4.69) is 19.6 Å². The number of unbranched alkanes of at least 4 members (excludes halogenated alkanes) is 6. The van der Waals surface area contributed by atoms with Crippen LogP contribution in [0.25, 0.3) is 0 Å². The zero-order valence-electron chi connectivity index (χ0n) is 10.9. The Kier molecular flexibility index (Phi) is 10.3. The molecule has 0 aromatic carbocycles. The molecule has 0 saturated heterocycles. The molecule has 0 aliphatic rings. The third-order valence-electron chi connectivity index (χ3n) is 3.02. The molecule has 0 spiro atoms. The van der Waals surface area contributed by atoms with E-state index in [0.717, 1.165) is 19.3 Å². The van der Waals surface area contributed by atoms with Gasteiger partial charge in [0.15, 0.2) is 0 Å². The van der Waals surface area contributed by atoms with Gasteiger partial charge in [-0.2, -0.15) is 12.6 Å². The van der Waals surface area contributed by atoms with Gasteiger partial charge >= 0.3 is 0 Å². The van der Waals surface area contributed by atoms with E-state index in [1.807, 2.05) is 0 Å².